The number of carboxylic acid groups (broad SMARTS) is 1. The van der Waals surface area contributed by atoms with E-state index in [9.17, 15) is 19.5 Å². The standard InChI is InChI=1S/C16H30N2O5/c1-9(2)8-11(14(20)21)17-13(19)12(10(3)4)18-15(22)23-16(5,6)7/h9-12H,8H2,1-7H3,(H,17,19)(H,18,22)(H,20,21)/p-1/t11-,12+/m0/s1. The number of nitrogens with one attached hydrogen (secondary N) is 2. The molecule has 134 valence electrons. The van der Waals surface area contributed by atoms with Crippen LogP contribution in [0.5, 0.6) is 0 Å². The summed E-state index contributed by atoms with van der Waals surface area (Å²) in [6.45, 7) is 12.3. The number of carbonyl (C=O) groups excluding carboxylic acids is 3. The summed E-state index contributed by atoms with van der Waals surface area (Å²) in [5.74, 6) is -2.06. The van der Waals surface area contributed by atoms with E-state index in [-0.39, 0.29) is 18.3 Å². The molecule has 7 heteroatoms. The summed E-state index contributed by atoms with van der Waals surface area (Å²) in [6, 6.07) is -1.98. The Balaban J connectivity index is 4.91. The minimum atomic E-state index is -1.34. The molecule has 0 saturated carbocycles. The molecule has 23 heavy (non-hydrogen) atoms. The highest BCUT2D eigenvalue weighted by Crippen LogP contribution is 2.10. The van der Waals surface area contributed by atoms with E-state index < -0.39 is 35.7 Å². The lowest BCUT2D eigenvalue weighted by Gasteiger charge is -2.28. The molecule has 0 fully saturated rings. The van der Waals surface area contributed by atoms with Crippen LogP contribution in [0.25, 0.3) is 0 Å². The van der Waals surface area contributed by atoms with Crippen molar-refractivity contribution >= 4 is 18.0 Å². The van der Waals surface area contributed by atoms with E-state index in [1.54, 1.807) is 34.6 Å². The maximum Gasteiger partial charge on any atom is 0.408 e. The molecule has 0 spiro atoms. The summed E-state index contributed by atoms with van der Waals surface area (Å²) in [5, 5.41) is 16.0. The van der Waals surface area contributed by atoms with Crippen molar-refractivity contribution in [2.45, 2.75) is 72.6 Å². The summed E-state index contributed by atoms with van der Waals surface area (Å²) in [7, 11) is 0. The predicted octanol–water partition coefficient (Wildman–Crippen LogP) is 0.817. The smallest absolute Gasteiger partial charge is 0.408 e. The van der Waals surface area contributed by atoms with E-state index in [1.807, 2.05) is 13.8 Å². The quantitative estimate of drug-likeness (QED) is 0.719. The molecule has 0 radical (unpaired) electrons. The molecule has 2 N–H and O–H groups in total. The van der Waals surface area contributed by atoms with Gasteiger partial charge in [-0.15, -0.1) is 0 Å². The summed E-state index contributed by atoms with van der Waals surface area (Å²) < 4.78 is 5.13. The van der Waals surface area contributed by atoms with Crippen molar-refractivity contribution in [2.24, 2.45) is 11.8 Å². The number of hydrogen-bond donors (Lipinski definition) is 2. The van der Waals surface area contributed by atoms with Gasteiger partial charge >= 0.3 is 6.09 Å². The summed E-state index contributed by atoms with van der Waals surface area (Å²) >= 11 is 0. The van der Waals surface area contributed by atoms with Crippen LogP contribution in [0.4, 0.5) is 4.79 Å². The molecular weight excluding hydrogens is 300 g/mol. The molecule has 2 amide bonds. The zero-order chi connectivity index (χ0) is 18.4. The monoisotopic (exact) mass is 329 g/mol. The first-order valence-corrected chi connectivity index (χ1v) is 7.84. The first-order valence-electron chi connectivity index (χ1n) is 7.84. The molecule has 0 saturated heterocycles. The SMILES string of the molecule is CC(C)C[C@H](NC(=O)[C@H](NC(=O)OC(C)(C)C)C(C)C)C(=O)[O-]. The van der Waals surface area contributed by atoms with Gasteiger partial charge in [0, 0.05) is 0 Å². The Bertz CT molecular complexity index is 427. The van der Waals surface area contributed by atoms with Gasteiger partial charge in [0.25, 0.3) is 0 Å². The molecule has 0 rings (SSSR count). The summed E-state index contributed by atoms with van der Waals surface area (Å²) in [6.07, 6.45) is -0.467. The Hall–Kier alpha value is -1.79. The van der Waals surface area contributed by atoms with Crippen molar-refractivity contribution in [3.8, 4) is 0 Å². The molecule has 7 nitrogen and oxygen atoms in total. The second-order valence-electron chi connectivity index (χ2n) is 7.38. The summed E-state index contributed by atoms with van der Waals surface area (Å²) in [5.41, 5.74) is -0.687. The Labute approximate surface area is 138 Å². The topological polar surface area (TPSA) is 108 Å². The number of ether oxygens (including phenoxy) is 1. The molecule has 0 aromatic rings. The highest BCUT2D eigenvalue weighted by atomic mass is 16.6. The fourth-order valence-electron chi connectivity index (χ4n) is 1.92. The number of aliphatic carboxylic acids is 1. The first-order chi connectivity index (χ1) is 10.3. The second kappa shape index (κ2) is 8.74. The van der Waals surface area contributed by atoms with E-state index in [4.69, 9.17) is 4.74 Å². The third-order valence-corrected chi connectivity index (χ3v) is 2.93. The number of alkyl carbamates (subject to hydrolysis) is 1. The van der Waals surface area contributed by atoms with Gasteiger partial charge in [0.05, 0.1) is 12.0 Å². The van der Waals surface area contributed by atoms with Crippen LogP contribution >= 0.6 is 0 Å². The van der Waals surface area contributed by atoms with Gasteiger partial charge in [-0.05, 0) is 39.0 Å². The van der Waals surface area contributed by atoms with E-state index in [0.29, 0.717) is 0 Å². The van der Waals surface area contributed by atoms with E-state index >= 15 is 0 Å². The lowest BCUT2D eigenvalue weighted by atomic mass is 10.0. The highest BCUT2D eigenvalue weighted by Gasteiger charge is 2.28. The highest BCUT2D eigenvalue weighted by molar-refractivity contribution is 5.89. The minimum Gasteiger partial charge on any atom is -0.548 e. The molecule has 0 bridgehead atoms. The van der Waals surface area contributed by atoms with E-state index in [1.165, 1.54) is 0 Å². The third kappa shape index (κ3) is 9.05. The Morgan fingerprint density at radius 1 is 1.04 bits per heavy atom. The third-order valence-electron chi connectivity index (χ3n) is 2.93. The molecule has 0 heterocycles. The maximum absolute atomic E-state index is 12.3. The van der Waals surface area contributed by atoms with Crippen molar-refractivity contribution in [3.63, 3.8) is 0 Å². The van der Waals surface area contributed by atoms with Crippen molar-refractivity contribution < 1.29 is 24.2 Å². The fraction of sp³-hybridized carbons (Fsp3) is 0.812. The van der Waals surface area contributed by atoms with Crippen molar-refractivity contribution in [3.05, 3.63) is 0 Å². The van der Waals surface area contributed by atoms with Gasteiger partial charge in [0.1, 0.15) is 11.6 Å². The van der Waals surface area contributed by atoms with Crippen molar-refractivity contribution in [2.75, 3.05) is 0 Å². The number of carbonyl (C=O) groups is 3. The minimum absolute atomic E-state index is 0.0783. The molecule has 0 aliphatic heterocycles. The maximum atomic E-state index is 12.3. The van der Waals surface area contributed by atoms with Crippen LogP contribution in [0.1, 0.15) is 54.9 Å². The van der Waals surface area contributed by atoms with Gasteiger partial charge in [-0.1, -0.05) is 27.7 Å². The Kier molecular flexibility index (Phi) is 8.06. The van der Waals surface area contributed by atoms with Gasteiger partial charge in [0.2, 0.25) is 5.91 Å². The number of carboxylic acids is 1. The van der Waals surface area contributed by atoms with Crippen molar-refractivity contribution in [1.82, 2.24) is 10.6 Å². The van der Waals surface area contributed by atoms with E-state index in [0.717, 1.165) is 0 Å². The average molecular weight is 329 g/mol. The molecular formula is C16H29N2O5-. The molecule has 0 aromatic heterocycles. The van der Waals surface area contributed by atoms with Crippen molar-refractivity contribution in [1.29, 1.82) is 0 Å². The molecule has 0 aliphatic carbocycles. The van der Waals surface area contributed by atoms with Crippen LogP contribution in [-0.2, 0) is 14.3 Å². The number of amides is 2. The van der Waals surface area contributed by atoms with Gasteiger partial charge in [0.15, 0.2) is 0 Å². The number of rotatable bonds is 7. The van der Waals surface area contributed by atoms with Crippen LogP contribution in [0.15, 0.2) is 0 Å². The van der Waals surface area contributed by atoms with E-state index in [2.05, 4.69) is 10.6 Å². The molecule has 0 unspecified atom stereocenters. The Morgan fingerprint density at radius 3 is 1.91 bits per heavy atom. The predicted molar refractivity (Wildman–Crippen MR) is 84.4 cm³/mol. The van der Waals surface area contributed by atoms with Crippen LogP contribution in [-0.4, -0.2) is 35.7 Å². The lowest BCUT2D eigenvalue weighted by molar-refractivity contribution is -0.308. The van der Waals surface area contributed by atoms with Crippen LogP contribution < -0.4 is 15.7 Å². The Morgan fingerprint density at radius 2 is 1.57 bits per heavy atom. The average Bonchev–Trinajstić information content (AvgIpc) is 2.31. The molecule has 2 atom stereocenters. The van der Waals surface area contributed by atoms with Gasteiger partial charge in [-0.2, -0.15) is 0 Å². The van der Waals surface area contributed by atoms with Crippen LogP contribution in [0, 0.1) is 11.8 Å². The lowest BCUT2D eigenvalue weighted by Crippen LogP contribution is -2.56. The van der Waals surface area contributed by atoms with Gasteiger partial charge in [-0.3, -0.25) is 4.79 Å². The first kappa shape index (κ1) is 21.2. The fourth-order valence-corrected chi connectivity index (χ4v) is 1.92. The molecule has 0 aliphatic rings. The van der Waals surface area contributed by atoms with Gasteiger partial charge in [-0.25, -0.2) is 4.79 Å². The summed E-state index contributed by atoms with van der Waals surface area (Å²) in [4.78, 5) is 35.3. The normalized spacial score (nSPS) is 14.3. The van der Waals surface area contributed by atoms with Gasteiger partial charge < -0.3 is 25.3 Å². The zero-order valence-electron chi connectivity index (χ0n) is 15.1. The largest absolute Gasteiger partial charge is 0.548 e. The van der Waals surface area contributed by atoms with Crippen LogP contribution in [0.2, 0.25) is 0 Å². The molecule has 0 aromatic carbocycles. The zero-order valence-corrected chi connectivity index (χ0v) is 15.1. The van der Waals surface area contributed by atoms with Crippen LogP contribution in [0.3, 0.4) is 0 Å². The second-order valence-corrected chi connectivity index (χ2v) is 7.38. The number of hydrogen-bond acceptors (Lipinski definition) is 5.